The molecule has 116 valence electrons. The topological polar surface area (TPSA) is 92.5 Å². The number of carbonyl (C=O) groups is 1. The van der Waals surface area contributed by atoms with Gasteiger partial charge in [-0.05, 0) is 32.6 Å². The molecule has 1 saturated heterocycles. The van der Waals surface area contributed by atoms with Crippen molar-refractivity contribution in [2.45, 2.75) is 51.1 Å². The third kappa shape index (κ3) is 3.71. The first-order valence-electron chi connectivity index (χ1n) is 7.47. The van der Waals surface area contributed by atoms with Crippen molar-refractivity contribution >= 4 is 15.9 Å². The predicted octanol–water partition coefficient (Wildman–Crippen LogP) is 0.0441. The number of nitrogens with zero attached hydrogens (tertiary/aromatic N) is 1. The summed E-state index contributed by atoms with van der Waals surface area (Å²) >= 11 is 0. The van der Waals surface area contributed by atoms with E-state index < -0.39 is 10.0 Å². The van der Waals surface area contributed by atoms with E-state index in [1.165, 1.54) is 0 Å². The van der Waals surface area contributed by atoms with E-state index in [0.717, 1.165) is 19.3 Å². The molecule has 0 aromatic rings. The zero-order valence-corrected chi connectivity index (χ0v) is 12.9. The van der Waals surface area contributed by atoms with Crippen LogP contribution in [-0.2, 0) is 14.8 Å². The van der Waals surface area contributed by atoms with Gasteiger partial charge in [-0.2, -0.15) is 0 Å². The van der Waals surface area contributed by atoms with Crippen LogP contribution in [0.15, 0.2) is 0 Å². The number of nitrogens with one attached hydrogen (secondary N) is 1. The molecule has 2 aliphatic rings. The molecule has 1 amide bonds. The number of amides is 1. The first-order chi connectivity index (χ1) is 9.43. The van der Waals surface area contributed by atoms with Crippen LogP contribution in [0.25, 0.3) is 0 Å². The van der Waals surface area contributed by atoms with E-state index in [-0.39, 0.29) is 29.7 Å². The van der Waals surface area contributed by atoms with Gasteiger partial charge in [-0.3, -0.25) is 4.79 Å². The van der Waals surface area contributed by atoms with Gasteiger partial charge >= 0.3 is 0 Å². The number of sulfonamides is 1. The molecule has 2 unspecified atom stereocenters. The smallest absolute Gasteiger partial charge is 0.227 e. The molecular formula is C13H25N3O3S. The number of likely N-dealkylation sites (tertiary alicyclic amines) is 1. The molecule has 1 heterocycles. The third-order valence-electron chi connectivity index (χ3n) is 4.42. The summed E-state index contributed by atoms with van der Waals surface area (Å²) in [6.45, 7) is 2.88. The molecule has 1 aliphatic heterocycles. The van der Waals surface area contributed by atoms with Gasteiger partial charge in [0, 0.05) is 25.2 Å². The van der Waals surface area contributed by atoms with Gasteiger partial charge in [-0.1, -0.05) is 6.42 Å². The quantitative estimate of drug-likeness (QED) is 0.767. The highest BCUT2D eigenvalue weighted by Gasteiger charge is 2.35. The second kappa shape index (κ2) is 6.41. The Balaban J connectivity index is 1.83. The number of hydrogen-bond acceptors (Lipinski definition) is 4. The van der Waals surface area contributed by atoms with Crippen molar-refractivity contribution in [1.82, 2.24) is 9.62 Å². The maximum atomic E-state index is 12.4. The molecule has 3 N–H and O–H groups in total. The molecule has 6 nitrogen and oxygen atoms in total. The van der Waals surface area contributed by atoms with Crippen LogP contribution in [0.2, 0.25) is 0 Å². The maximum Gasteiger partial charge on any atom is 0.227 e. The van der Waals surface area contributed by atoms with Crippen molar-refractivity contribution in [2.75, 3.05) is 18.8 Å². The molecule has 20 heavy (non-hydrogen) atoms. The van der Waals surface area contributed by atoms with Crippen LogP contribution in [0.4, 0.5) is 0 Å². The standard InChI is InChI=1S/C13H25N3O3S/c1-2-20(18,19)15-10-6-8-16(9-7-10)13(17)11-4-3-5-12(11)14/h10-12,15H,2-9,14H2,1H3. The van der Waals surface area contributed by atoms with E-state index in [9.17, 15) is 13.2 Å². The summed E-state index contributed by atoms with van der Waals surface area (Å²) in [6.07, 6.45) is 4.23. The molecule has 0 aromatic carbocycles. The lowest BCUT2D eigenvalue weighted by molar-refractivity contribution is -0.136. The Kier molecular flexibility index (Phi) is 5.04. The van der Waals surface area contributed by atoms with Crippen LogP contribution in [0.5, 0.6) is 0 Å². The van der Waals surface area contributed by atoms with Gasteiger partial charge in [0.2, 0.25) is 15.9 Å². The van der Waals surface area contributed by atoms with Gasteiger partial charge in [0.15, 0.2) is 0 Å². The summed E-state index contributed by atoms with van der Waals surface area (Å²) in [5.41, 5.74) is 5.98. The first-order valence-corrected chi connectivity index (χ1v) is 9.12. The van der Waals surface area contributed by atoms with E-state index in [0.29, 0.717) is 25.9 Å². The zero-order chi connectivity index (χ0) is 14.8. The predicted molar refractivity (Wildman–Crippen MR) is 77.5 cm³/mol. The molecule has 1 aliphatic carbocycles. The second-order valence-electron chi connectivity index (χ2n) is 5.82. The SMILES string of the molecule is CCS(=O)(=O)NC1CCN(C(=O)C2CCCC2N)CC1. The van der Waals surface area contributed by atoms with Crippen molar-refractivity contribution in [3.8, 4) is 0 Å². The van der Waals surface area contributed by atoms with Crippen LogP contribution < -0.4 is 10.5 Å². The minimum Gasteiger partial charge on any atom is -0.342 e. The molecular weight excluding hydrogens is 278 g/mol. The third-order valence-corrected chi connectivity index (χ3v) is 5.87. The van der Waals surface area contributed by atoms with Crippen LogP contribution in [0.3, 0.4) is 0 Å². The minimum absolute atomic E-state index is 0.00109. The van der Waals surface area contributed by atoms with Crippen LogP contribution in [0.1, 0.15) is 39.0 Å². The Morgan fingerprint density at radius 2 is 1.90 bits per heavy atom. The Labute approximate surface area is 121 Å². The molecule has 0 bridgehead atoms. The first kappa shape index (κ1) is 15.7. The summed E-state index contributed by atoms with van der Waals surface area (Å²) in [5, 5.41) is 0. The van der Waals surface area contributed by atoms with E-state index >= 15 is 0 Å². The Hall–Kier alpha value is -0.660. The number of carbonyl (C=O) groups excluding carboxylic acids is 1. The molecule has 0 radical (unpaired) electrons. The molecule has 1 saturated carbocycles. The number of piperidine rings is 1. The van der Waals surface area contributed by atoms with Crippen molar-refractivity contribution < 1.29 is 13.2 Å². The fourth-order valence-electron chi connectivity index (χ4n) is 3.08. The van der Waals surface area contributed by atoms with Crippen molar-refractivity contribution in [2.24, 2.45) is 11.7 Å². The fraction of sp³-hybridized carbons (Fsp3) is 0.923. The molecule has 2 atom stereocenters. The van der Waals surface area contributed by atoms with Crippen LogP contribution >= 0.6 is 0 Å². The summed E-state index contributed by atoms with van der Waals surface area (Å²) in [7, 11) is -3.15. The Bertz CT molecular complexity index is 444. The Morgan fingerprint density at radius 1 is 1.25 bits per heavy atom. The molecule has 7 heteroatoms. The highest BCUT2D eigenvalue weighted by molar-refractivity contribution is 7.89. The molecule has 0 spiro atoms. The normalized spacial score (nSPS) is 28.8. The minimum atomic E-state index is -3.15. The fourth-order valence-corrected chi connectivity index (χ4v) is 4.00. The van der Waals surface area contributed by atoms with Gasteiger partial charge in [-0.25, -0.2) is 13.1 Å². The van der Waals surface area contributed by atoms with E-state index in [2.05, 4.69) is 4.72 Å². The average molecular weight is 303 g/mol. The summed E-state index contributed by atoms with van der Waals surface area (Å²) < 4.78 is 25.7. The molecule has 2 rings (SSSR count). The van der Waals surface area contributed by atoms with Gasteiger partial charge in [-0.15, -0.1) is 0 Å². The second-order valence-corrected chi connectivity index (χ2v) is 7.86. The van der Waals surface area contributed by atoms with E-state index in [4.69, 9.17) is 5.73 Å². The summed E-state index contributed by atoms with van der Waals surface area (Å²) in [5.74, 6) is 0.231. The van der Waals surface area contributed by atoms with Gasteiger partial charge < -0.3 is 10.6 Å². The molecule has 0 aromatic heterocycles. The van der Waals surface area contributed by atoms with Gasteiger partial charge in [0.1, 0.15) is 0 Å². The average Bonchev–Trinajstić information content (AvgIpc) is 2.85. The largest absolute Gasteiger partial charge is 0.342 e. The summed E-state index contributed by atoms with van der Waals surface area (Å²) in [6, 6.07) is -0.0416. The lowest BCUT2D eigenvalue weighted by atomic mass is 9.99. The van der Waals surface area contributed by atoms with Gasteiger partial charge in [0.25, 0.3) is 0 Å². The monoisotopic (exact) mass is 303 g/mol. The number of hydrogen-bond donors (Lipinski definition) is 2. The van der Waals surface area contributed by atoms with E-state index in [1.54, 1.807) is 6.92 Å². The van der Waals surface area contributed by atoms with Crippen molar-refractivity contribution in [1.29, 1.82) is 0 Å². The zero-order valence-electron chi connectivity index (χ0n) is 12.0. The lowest BCUT2D eigenvalue weighted by Gasteiger charge is -2.34. The van der Waals surface area contributed by atoms with Crippen LogP contribution in [-0.4, -0.2) is 50.2 Å². The van der Waals surface area contributed by atoms with Crippen molar-refractivity contribution in [3.05, 3.63) is 0 Å². The van der Waals surface area contributed by atoms with E-state index in [1.807, 2.05) is 4.90 Å². The van der Waals surface area contributed by atoms with Crippen LogP contribution in [0, 0.1) is 5.92 Å². The number of nitrogens with two attached hydrogens (primary N) is 1. The van der Waals surface area contributed by atoms with Crippen molar-refractivity contribution in [3.63, 3.8) is 0 Å². The Morgan fingerprint density at radius 3 is 2.40 bits per heavy atom. The number of rotatable bonds is 4. The maximum absolute atomic E-state index is 12.4. The highest BCUT2D eigenvalue weighted by Crippen LogP contribution is 2.27. The molecule has 2 fully saturated rings. The van der Waals surface area contributed by atoms with Gasteiger partial charge in [0.05, 0.1) is 11.7 Å². The highest BCUT2D eigenvalue weighted by atomic mass is 32.2. The summed E-state index contributed by atoms with van der Waals surface area (Å²) in [4.78, 5) is 14.2. The lowest BCUT2D eigenvalue weighted by Crippen LogP contribution is -2.49.